The van der Waals surface area contributed by atoms with Crippen molar-refractivity contribution in [3.05, 3.63) is 0 Å². The maximum atomic E-state index is 4.46. The molecule has 0 fully saturated rings. The molecule has 0 spiro atoms. The van der Waals surface area contributed by atoms with Crippen LogP contribution in [0.25, 0.3) is 0 Å². The number of rotatable bonds is 7. The van der Waals surface area contributed by atoms with Crippen molar-refractivity contribution >= 4 is 0 Å². The molecule has 0 rings (SSSR count). The minimum absolute atomic E-state index is 0.683. The Kier molecular flexibility index (Phi) is 7.23. The minimum Gasteiger partial charge on any atom is -0.308 e. The van der Waals surface area contributed by atoms with E-state index in [9.17, 15) is 0 Å². The van der Waals surface area contributed by atoms with Gasteiger partial charge in [-0.05, 0) is 27.1 Å². The summed E-state index contributed by atoms with van der Waals surface area (Å²) in [6.45, 7) is 8.44. The summed E-state index contributed by atoms with van der Waals surface area (Å²) >= 11 is 0. The summed E-state index contributed by atoms with van der Waals surface area (Å²) in [5, 5.41) is 4.46. The van der Waals surface area contributed by atoms with Gasteiger partial charge in [0.15, 0.2) is 0 Å². The zero-order valence-electron chi connectivity index (χ0n) is 9.75. The number of nitrogens with zero attached hydrogens (tertiary/aromatic N) is 3. The van der Waals surface area contributed by atoms with E-state index in [1.165, 1.54) is 0 Å². The Balaban J connectivity index is 3.25. The number of hydrogen-bond donors (Lipinski definition) is 0. The summed E-state index contributed by atoms with van der Waals surface area (Å²) in [4.78, 5) is 4.45. The molecule has 3 nitrogen and oxygen atoms in total. The third kappa shape index (κ3) is 9.80. The molecule has 0 aliphatic carbocycles. The molecule has 0 amide bonds. The molecule has 1 radical (unpaired) electrons. The molecule has 0 N–H and O–H groups in total. The van der Waals surface area contributed by atoms with Crippen molar-refractivity contribution in [3.63, 3.8) is 0 Å². The van der Waals surface area contributed by atoms with Gasteiger partial charge in [0.2, 0.25) is 0 Å². The third-order valence-corrected chi connectivity index (χ3v) is 1.76. The van der Waals surface area contributed by atoms with Gasteiger partial charge in [0.05, 0.1) is 6.67 Å². The molecule has 0 heterocycles. The van der Waals surface area contributed by atoms with Crippen LogP contribution in [0.1, 0.15) is 13.8 Å². The highest BCUT2D eigenvalue weighted by Gasteiger charge is 2.00. The van der Waals surface area contributed by atoms with Crippen LogP contribution in [0.15, 0.2) is 0 Å². The molecule has 3 heteroatoms. The summed E-state index contributed by atoms with van der Waals surface area (Å²) in [5.74, 6) is 0.683. The van der Waals surface area contributed by atoms with Crippen LogP contribution in [0.3, 0.4) is 0 Å². The molecule has 0 atom stereocenters. The first-order chi connectivity index (χ1) is 6.02. The molecule has 13 heavy (non-hydrogen) atoms. The lowest BCUT2D eigenvalue weighted by atomic mass is 10.2. The number of likely N-dealkylation sites (N-methyl/N-ethyl adjacent to an activating group) is 2. The van der Waals surface area contributed by atoms with Crippen molar-refractivity contribution in [1.82, 2.24) is 15.1 Å². The van der Waals surface area contributed by atoms with Crippen molar-refractivity contribution in [3.8, 4) is 0 Å². The van der Waals surface area contributed by atoms with Crippen LogP contribution in [0.5, 0.6) is 0 Å². The molecule has 0 aromatic carbocycles. The van der Waals surface area contributed by atoms with Crippen LogP contribution in [0, 0.1) is 5.92 Å². The van der Waals surface area contributed by atoms with E-state index in [-0.39, 0.29) is 0 Å². The van der Waals surface area contributed by atoms with Crippen LogP contribution in [0.4, 0.5) is 0 Å². The highest BCUT2D eigenvalue weighted by atomic mass is 15.2. The van der Waals surface area contributed by atoms with Gasteiger partial charge >= 0.3 is 0 Å². The lowest BCUT2D eigenvalue weighted by Crippen LogP contribution is -2.33. The largest absolute Gasteiger partial charge is 0.308 e. The van der Waals surface area contributed by atoms with Gasteiger partial charge in [0.1, 0.15) is 0 Å². The molecule has 0 bridgehead atoms. The van der Waals surface area contributed by atoms with E-state index in [1.54, 1.807) is 0 Å². The average Bonchev–Trinajstić information content (AvgIpc) is 2.00. The fourth-order valence-corrected chi connectivity index (χ4v) is 0.928. The molecule has 0 saturated carbocycles. The Hall–Kier alpha value is -0.120. The standard InChI is InChI=1S/C10H24N3/c1-10(2)8-11-9-13(5)7-6-12(3)4/h10H,6-9H2,1-5H3. The van der Waals surface area contributed by atoms with Crippen molar-refractivity contribution < 1.29 is 0 Å². The highest BCUT2D eigenvalue weighted by molar-refractivity contribution is 4.54. The lowest BCUT2D eigenvalue weighted by molar-refractivity contribution is 0.259. The van der Waals surface area contributed by atoms with Crippen molar-refractivity contribution in [2.45, 2.75) is 13.8 Å². The summed E-state index contributed by atoms with van der Waals surface area (Å²) in [5.41, 5.74) is 0. The van der Waals surface area contributed by atoms with Gasteiger partial charge in [-0.2, -0.15) is 0 Å². The summed E-state index contributed by atoms with van der Waals surface area (Å²) in [6.07, 6.45) is 0. The first-order valence-electron chi connectivity index (χ1n) is 4.99. The highest BCUT2D eigenvalue weighted by Crippen LogP contribution is 1.89. The summed E-state index contributed by atoms with van der Waals surface area (Å²) < 4.78 is 0. The zero-order valence-corrected chi connectivity index (χ0v) is 9.75. The second-order valence-corrected chi connectivity index (χ2v) is 4.32. The first-order valence-corrected chi connectivity index (χ1v) is 4.99. The maximum Gasteiger partial charge on any atom is 0.0646 e. The Morgan fingerprint density at radius 2 is 1.69 bits per heavy atom. The van der Waals surface area contributed by atoms with Crippen LogP contribution in [-0.2, 0) is 0 Å². The van der Waals surface area contributed by atoms with Crippen molar-refractivity contribution in [2.75, 3.05) is 47.4 Å². The van der Waals surface area contributed by atoms with Crippen LogP contribution < -0.4 is 5.32 Å². The quantitative estimate of drug-likeness (QED) is 0.583. The SMILES string of the molecule is CC(C)C[N]CN(C)CCN(C)C. The van der Waals surface area contributed by atoms with Gasteiger partial charge in [-0.3, -0.25) is 4.90 Å². The van der Waals surface area contributed by atoms with Crippen LogP contribution in [-0.4, -0.2) is 57.2 Å². The molecular weight excluding hydrogens is 162 g/mol. The second kappa shape index (κ2) is 7.30. The van der Waals surface area contributed by atoms with E-state index in [0.717, 1.165) is 26.3 Å². The average molecular weight is 186 g/mol. The van der Waals surface area contributed by atoms with Gasteiger partial charge in [0, 0.05) is 19.6 Å². The zero-order chi connectivity index (χ0) is 10.3. The topological polar surface area (TPSA) is 20.6 Å². The number of hydrogen-bond acceptors (Lipinski definition) is 2. The van der Waals surface area contributed by atoms with E-state index in [2.05, 4.69) is 50.1 Å². The van der Waals surface area contributed by atoms with Crippen LogP contribution in [0.2, 0.25) is 0 Å². The Morgan fingerprint density at radius 1 is 1.08 bits per heavy atom. The van der Waals surface area contributed by atoms with E-state index in [4.69, 9.17) is 0 Å². The Morgan fingerprint density at radius 3 is 2.15 bits per heavy atom. The minimum atomic E-state index is 0.683. The van der Waals surface area contributed by atoms with Gasteiger partial charge in [-0.25, -0.2) is 5.32 Å². The monoisotopic (exact) mass is 186 g/mol. The van der Waals surface area contributed by atoms with E-state index in [1.807, 2.05) is 0 Å². The molecule has 0 aromatic heterocycles. The Labute approximate surface area is 83.1 Å². The molecule has 79 valence electrons. The molecule has 0 aromatic rings. The fourth-order valence-electron chi connectivity index (χ4n) is 0.928. The summed E-state index contributed by atoms with van der Waals surface area (Å²) in [7, 11) is 6.31. The van der Waals surface area contributed by atoms with E-state index < -0.39 is 0 Å². The molecule has 0 unspecified atom stereocenters. The van der Waals surface area contributed by atoms with Crippen LogP contribution >= 0.6 is 0 Å². The van der Waals surface area contributed by atoms with E-state index in [0.29, 0.717) is 5.92 Å². The van der Waals surface area contributed by atoms with Crippen molar-refractivity contribution in [1.29, 1.82) is 0 Å². The lowest BCUT2D eigenvalue weighted by Gasteiger charge is -2.19. The fraction of sp³-hybridized carbons (Fsp3) is 1.00. The molecule has 0 saturated heterocycles. The first kappa shape index (κ1) is 12.9. The van der Waals surface area contributed by atoms with Gasteiger partial charge in [-0.15, -0.1) is 0 Å². The second-order valence-electron chi connectivity index (χ2n) is 4.32. The van der Waals surface area contributed by atoms with E-state index >= 15 is 0 Å². The normalized spacial score (nSPS) is 12.0. The summed E-state index contributed by atoms with van der Waals surface area (Å²) in [6, 6.07) is 0. The molecule has 0 aliphatic heterocycles. The third-order valence-electron chi connectivity index (χ3n) is 1.76. The van der Waals surface area contributed by atoms with Gasteiger partial charge < -0.3 is 4.90 Å². The smallest absolute Gasteiger partial charge is 0.0646 e. The predicted molar refractivity (Wildman–Crippen MR) is 57.9 cm³/mol. The van der Waals surface area contributed by atoms with Crippen molar-refractivity contribution in [2.24, 2.45) is 5.92 Å². The Bertz CT molecular complexity index is 113. The maximum absolute atomic E-state index is 4.46. The molecule has 0 aliphatic rings. The van der Waals surface area contributed by atoms with Gasteiger partial charge in [-0.1, -0.05) is 13.8 Å². The predicted octanol–water partition coefficient (Wildman–Crippen LogP) is 0.698. The molecular formula is C10H24N3. The van der Waals surface area contributed by atoms with Gasteiger partial charge in [0.25, 0.3) is 0 Å².